The number of nitrogens with zero attached hydrogens (tertiary/aromatic N) is 1. The number of unbranched alkanes of at least 4 members (excludes halogenated alkanes) is 3. The zero-order valence-corrected chi connectivity index (χ0v) is 39.3. The van der Waals surface area contributed by atoms with Crippen molar-refractivity contribution < 1.29 is 38.2 Å². The molecule has 346 valence electrons. The number of carboxylic acids is 1. The Balaban J connectivity index is 4.54. The SMILES string of the molecule is CC/C=C/C/C=C/C/C=C/C/C=C/C/C=C/C/C=C/CCC(=O)OCC(COCCC(C(=O)O)[N+](C)(C)C)OC(=O)CCCCC/C=C/C/C=C/C/C=C/C/C=C/C/C=C/CC. The molecule has 62 heavy (non-hydrogen) atoms. The number of ether oxygens (including phenoxy) is 3. The minimum atomic E-state index is -0.897. The van der Waals surface area contributed by atoms with E-state index in [9.17, 15) is 19.5 Å². The molecule has 0 saturated carbocycles. The first kappa shape index (κ1) is 57.5. The number of hydrogen-bond acceptors (Lipinski definition) is 6. The summed E-state index contributed by atoms with van der Waals surface area (Å²) in [7, 11) is 5.48. The third kappa shape index (κ3) is 40.9. The van der Waals surface area contributed by atoms with E-state index in [1.54, 1.807) is 0 Å². The molecule has 0 aromatic heterocycles. The summed E-state index contributed by atoms with van der Waals surface area (Å²) in [5.74, 6) is -1.64. The third-order valence-electron chi connectivity index (χ3n) is 9.31. The van der Waals surface area contributed by atoms with Gasteiger partial charge in [0.05, 0.1) is 34.4 Å². The van der Waals surface area contributed by atoms with Crippen molar-refractivity contribution in [1.29, 1.82) is 0 Å². The number of likely N-dealkylation sites (N-methyl/N-ethyl adjacent to an activating group) is 1. The van der Waals surface area contributed by atoms with Gasteiger partial charge in [-0.15, -0.1) is 0 Å². The van der Waals surface area contributed by atoms with Crippen LogP contribution in [0.2, 0.25) is 0 Å². The molecule has 2 unspecified atom stereocenters. The maximum atomic E-state index is 12.7. The van der Waals surface area contributed by atoms with E-state index in [-0.39, 0.29) is 49.1 Å². The number of hydrogen-bond donors (Lipinski definition) is 1. The van der Waals surface area contributed by atoms with Crippen LogP contribution < -0.4 is 0 Å². The molecule has 0 aliphatic carbocycles. The number of quaternary nitrogens is 1. The number of aliphatic carboxylic acids is 1. The Bertz CT molecular complexity index is 1470. The summed E-state index contributed by atoms with van der Waals surface area (Å²) < 4.78 is 17.2. The van der Waals surface area contributed by atoms with Crippen LogP contribution in [0.1, 0.15) is 136 Å². The number of carboxylic acid groups (broad SMARTS) is 1. The molecule has 0 bridgehead atoms. The van der Waals surface area contributed by atoms with Gasteiger partial charge in [0.15, 0.2) is 12.1 Å². The lowest BCUT2D eigenvalue weighted by Crippen LogP contribution is -2.50. The number of rotatable bonds is 39. The van der Waals surface area contributed by atoms with E-state index in [1.165, 1.54) is 0 Å². The molecular formula is C54H84NO7+. The fourth-order valence-electron chi connectivity index (χ4n) is 5.79. The summed E-state index contributed by atoms with van der Waals surface area (Å²) in [5.41, 5.74) is 0. The lowest BCUT2D eigenvalue weighted by atomic mass is 10.1. The van der Waals surface area contributed by atoms with E-state index >= 15 is 0 Å². The summed E-state index contributed by atoms with van der Waals surface area (Å²) in [6, 6.07) is -0.641. The van der Waals surface area contributed by atoms with Crippen molar-refractivity contribution in [1.82, 2.24) is 0 Å². The van der Waals surface area contributed by atoms with Crippen LogP contribution in [0.15, 0.2) is 134 Å². The maximum Gasteiger partial charge on any atom is 0.362 e. The molecule has 0 rings (SSSR count). The third-order valence-corrected chi connectivity index (χ3v) is 9.31. The van der Waals surface area contributed by atoms with Gasteiger partial charge in [-0.3, -0.25) is 9.59 Å². The highest BCUT2D eigenvalue weighted by molar-refractivity contribution is 5.72. The highest BCUT2D eigenvalue weighted by Crippen LogP contribution is 2.11. The number of carbonyl (C=O) groups excluding carboxylic acids is 2. The lowest BCUT2D eigenvalue weighted by molar-refractivity contribution is -0.887. The summed E-state index contributed by atoms with van der Waals surface area (Å²) in [6.07, 6.45) is 62.3. The number of esters is 2. The van der Waals surface area contributed by atoms with E-state index in [0.29, 0.717) is 19.3 Å². The van der Waals surface area contributed by atoms with Crippen LogP contribution in [0.25, 0.3) is 0 Å². The van der Waals surface area contributed by atoms with Crippen molar-refractivity contribution in [2.45, 2.75) is 148 Å². The van der Waals surface area contributed by atoms with Gasteiger partial charge in [0.2, 0.25) is 0 Å². The van der Waals surface area contributed by atoms with Gasteiger partial charge in [-0.05, 0) is 96.3 Å². The van der Waals surface area contributed by atoms with Gasteiger partial charge in [0.1, 0.15) is 6.61 Å². The lowest BCUT2D eigenvalue weighted by Gasteiger charge is -2.31. The van der Waals surface area contributed by atoms with Gasteiger partial charge in [0.25, 0.3) is 0 Å². The smallest absolute Gasteiger partial charge is 0.362 e. The number of allylic oxidation sites excluding steroid dienone is 22. The molecule has 0 fully saturated rings. The normalized spacial score (nSPS) is 14.1. The van der Waals surface area contributed by atoms with Gasteiger partial charge in [0, 0.05) is 19.3 Å². The molecule has 0 amide bonds. The highest BCUT2D eigenvalue weighted by atomic mass is 16.6. The van der Waals surface area contributed by atoms with Gasteiger partial charge in [-0.25, -0.2) is 4.79 Å². The quantitative estimate of drug-likeness (QED) is 0.0284. The molecule has 2 atom stereocenters. The van der Waals surface area contributed by atoms with Crippen LogP contribution in [0.5, 0.6) is 0 Å². The molecule has 0 aromatic rings. The van der Waals surface area contributed by atoms with E-state index < -0.39 is 18.1 Å². The van der Waals surface area contributed by atoms with Crippen molar-refractivity contribution in [3.8, 4) is 0 Å². The molecule has 8 heteroatoms. The molecular weight excluding hydrogens is 775 g/mol. The molecule has 0 spiro atoms. The Morgan fingerprint density at radius 1 is 0.484 bits per heavy atom. The first-order valence-electron chi connectivity index (χ1n) is 23.2. The van der Waals surface area contributed by atoms with Gasteiger partial charge >= 0.3 is 17.9 Å². The zero-order valence-electron chi connectivity index (χ0n) is 39.3. The van der Waals surface area contributed by atoms with Crippen molar-refractivity contribution in [2.75, 3.05) is 41.0 Å². The first-order chi connectivity index (χ1) is 30.1. The second kappa shape index (κ2) is 43.1. The molecule has 1 N–H and O–H groups in total. The molecule has 0 saturated heterocycles. The summed E-state index contributed by atoms with van der Waals surface area (Å²) >= 11 is 0. The van der Waals surface area contributed by atoms with Crippen LogP contribution in [0.3, 0.4) is 0 Å². The van der Waals surface area contributed by atoms with E-state index in [4.69, 9.17) is 14.2 Å². The summed E-state index contributed by atoms with van der Waals surface area (Å²) in [4.78, 5) is 37.0. The Labute approximate surface area is 377 Å². The van der Waals surface area contributed by atoms with Crippen molar-refractivity contribution in [2.24, 2.45) is 0 Å². The molecule has 0 aromatic carbocycles. The monoisotopic (exact) mass is 859 g/mol. The predicted molar refractivity (Wildman–Crippen MR) is 261 cm³/mol. The second-order valence-corrected chi connectivity index (χ2v) is 15.9. The van der Waals surface area contributed by atoms with E-state index in [2.05, 4.69) is 135 Å². The average molecular weight is 859 g/mol. The molecule has 0 aliphatic rings. The molecule has 8 nitrogen and oxygen atoms in total. The van der Waals surface area contributed by atoms with E-state index in [1.807, 2.05) is 33.3 Å². The maximum absolute atomic E-state index is 12.7. The highest BCUT2D eigenvalue weighted by Gasteiger charge is 2.31. The van der Waals surface area contributed by atoms with Crippen molar-refractivity contribution in [3.05, 3.63) is 134 Å². The minimum Gasteiger partial charge on any atom is -0.477 e. The van der Waals surface area contributed by atoms with Gasteiger partial charge in [-0.2, -0.15) is 0 Å². The van der Waals surface area contributed by atoms with Crippen LogP contribution >= 0.6 is 0 Å². The Morgan fingerprint density at radius 3 is 1.29 bits per heavy atom. The summed E-state index contributed by atoms with van der Waals surface area (Å²) in [5, 5.41) is 9.63. The van der Waals surface area contributed by atoms with Crippen molar-refractivity contribution >= 4 is 17.9 Å². The standard InChI is InChI=1S/C54H83NO7/c1-6-8-10-12-14-16-18-20-22-24-26-28-30-32-34-36-38-40-42-44-52(56)61-49-50(48-60-47-46-51(54(58)59)55(3,4)5)62-53(57)45-43-41-39-37-35-33-31-29-27-25-23-21-19-17-15-13-11-9-7-2/h8-11,14-17,20-23,26-29,32-35,38,40,50-51H,6-7,12-13,18-19,24-25,30-31,36-37,39,41-49H2,1-5H3/p+1/b10-8+,11-9+,16-14+,17-15+,22-20+,23-21+,28-26+,29-27+,34-32+,35-33+,40-38+. The number of carbonyl (C=O) groups is 3. The Hall–Kier alpha value is -4.53. The fourth-order valence-corrected chi connectivity index (χ4v) is 5.79. The molecule has 0 radical (unpaired) electrons. The van der Waals surface area contributed by atoms with Crippen molar-refractivity contribution in [3.63, 3.8) is 0 Å². The minimum absolute atomic E-state index is 0.0136. The molecule has 0 aliphatic heterocycles. The average Bonchev–Trinajstić information content (AvgIpc) is 3.23. The zero-order chi connectivity index (χ0) is 45.6. The van der Waals surface area contributed by atoms with Crippen LogP contribution in [0.4, 0.5) is 0 Å². The Morgan fingerprint density at radius 2 is 0.887 bits per heavy atom. The van der Waals surface area contributed by atoms with Crippen LogP contribution in [-0.4, -0.2) is 80.6 Å². The van der Waals surface area contributed by atoms with Gasteiger partial charge in [-0.1, -0.05) is 154 Å². The predicted octanol–water partition coefficient (Wildman–Crippen LogP) is 13.2. The largest absolute Gasteiger partial charge is 0.477 e. The van der Waals surface area contributed by atoms with Crippen LogP contribution in [-0.2, 0) is 28.6 Å². The second-order valence-electron chi connectivity index (χ2n) is 15.9. The molecule has 0 heterocycles. The van der Waals surface area contributed by atoms with Gasteiger partial charge < -0.3 is 23.8 Å². The Kier molecular flexibility index (Phi) is 40.0. The van der Waals surface area contributed by atoms with E-state index in [0.717, 1.165) is 89.9 Å². The fraction of sp³-hybridized carbons (Fsp3) is 0.537. The van der Waals surface area contributed by atoms with Crippen LogP contribution in [0, 0.1) is 0 Å². The summed E-state index contributed by atoms with van der Waals surface area (Å²) in [6.45, 7) is 4.36. The topological polar surface area (TPSA) is 99.1 Å². The first-order valence-corrected chi connectivity index (χ1v) is 23.2.